The van der Waals surface area contributed by atoms with E-state index in [-0.39, 0.29) is 35.7 Å². The molecule has 0 heterocycles. The van der Waals surface area contributed by atoms with E-state index in [1.165, 1.54) is 77.2 Å². The number of fused-ring (bicyclic) bond motifs is 2. The second-order valence-corrected chi connectivity index (χ2v) is 23.4. The normalized spacial score (nSPS) is 10.9. The maximum absolute atomic E-state index is 2.34. The van der Waals surface area contributed by atoms with Gasteiger partial charge in [0.05, 0.1) is 0 Å². The Hall–Kier alpha value is -2.22. The molecule has 246 valence electrons. The van der Waals surface area contributed by atoms with E-state index in [1.54, 1.807) is 23.3 Å². The largest absolute Gasteiger partial charge is 1.00 e. The van der Waals surface area contributed by atoms with Gasteiger partial charge in [0, 0.05) is 0 Å². The fourth-order valence-corrected chi connectivity index (χ4v) is 6.01. The van der Waals surface area contributed by atoms with Gasteiger partial charge in [0.2, 0.25) is 0 Å². The Bertz CT molecular complexity index is 1910. The first-order valence-electron chi connectivity index (χ1n) is 16.2. The molecule has 4 heteroatoms. The Morgan fingerprint density at radius 3 is 1.81 bits per heavy atom. The second kappa shape index (κ2) is 17.4. The Kier molecular flexibility index (Phi) is 15.2. The van der Waals surface area contributed by atoms with Crippen molar-refractivity contribution in [1.82, 2.24) is 0 Å². The molecule has 0 atom stereocenters. The van der Waals surface area contributed by atoms with Crippen molar-refractivity contribution in [2.24, 2.45) is 0 Å². The number of hydrogen-bond acceptors (Lipinski definition) is 0. The Balaban J connectivity index is 0.000000288. The molecule has 0 aliphatic rings. The molecule has 0 N–H and O–H groups in total. The van der Waals surface area contributed by atoms with E-state index < -0.39 is 0 Å². The fourth-order valence-electron chi connectivity index (χ4n) is 6.01. The van der Waals surface area contributed by atoms with Crippen molar-refractivity contribution in [3.63, 3.8) is 0 Å². The molecule has 0 aromatic heterocycles. The topological polar surface area (TPSA) is 0 Å². The zero-order valence-electron chi connectivity index (χ0n) is 30.1. The van der Waals surface area contributed by atoms with Crippen molar-refractivity contribution >= 4 is 27.0 Å². The van der Waals surface area contributed by atoms with E-state index in [0.29, 0.717) is 5.92 Å². The standard InChI is InChI=1S/C23H27.C18H17.C2H6Si.2ClH.Zr/c1-14-12-20-16(3)15(2)17(4)22(21(20)13-14)18-8-10-19(11-9-18)23(5,6)7;1-13(2)16-11-15-9-6-10-17(18(15)12-16)14-7-4-3-5-8-14;1-3-2;;;/h8-13H,1-7H3;3-13H,1-2H3;1-2H3;2*1H;/q2*-1;;;;+2/p-2. The van der Waals surface area contributed by atoms with Gasteiger partial charge in [0.25, 0.3) is 0 Å². The van der Waals surface area contributed by atoms with Gasteiger partial charge in [-0.25, -0.2) is 0 Å². The summed E-state index contributed by atoms with van der Waals surface area (Å²) in [4.78, 5) is 0. The third-order valence-corrected chi connectivity index (χ3v) is 8.77. The Labute approximate surface area is 312 Å². The molecule has 6 aromatic carbocycles. The first kappa shape index (κ1) is 41.0. The third kappa shape index (κ3) is 9.92. The summed E-state index contributed by atoms with van der Waals surface area (Å²) in [6.45, 7) is 24.9. The monoisotopic (exact) mass is 754 g/mol. The molecular formula is C43H50Cl2SiZr-2. The molecule has 6 rings (SSSR count). The molecule has 6 aromatic rings. The SMILES string of the molecule is CC(C)c1cc2c(-c3ccccc3)cccc2[cH-]1.C[Si](C)=[Zr+2].Cc1cc2c(-c3ccc(C(C)(C)C)cc3)c(C)c(C)c(C)c2[cH-]1.[Cl-].[Cl-]. The van der Waals surface area contributed by atoms with E-state index in [2.05, 4.69) is 172 Å². The van der Waals surface area contributed by atoms with Crippen LogP contribution in [0.25, 0.3) is 43.8 Å². The number of rotatable bonds is 3. The maximum Gasteiger partial charge on any atom is -0.0132 e. The van der Waals surface area contributed by atoms with Crippen LogP contribution < -0.4 is 24.8 Å². The van der Waals surface area contributed by atoms with Crippen LogP contribution >= 0.6 is 0 Å². The van der Waals surface area contributed by atoms with Crippen LogP contribution in [0, 0.1) is 27.7 Å². The summed E-state index contributed by atoms with van der Waals surface area (Å²) in [6, 6.07) is 35.6. The molecular weight excluding hydrogens is 707 g/mol. The molecule has 0 nitrogen and oxygen atoms in total. The van der Waals surface area contributed by atoms with Crippen molar-refractivity contribution in [3.05, 3.63) is 130 Å². The van der Waals surface area contributed by atoms with Crippen LogP contribution in [0.5, 0.6) is 0 Å². The minimum Gasteiger partial charge on any atom is -1.00 e. The molecule has 0 saturated heterocycles. The van der Waals surface area contributed by atoms with Gasteiger partial charge in [-0.3, -0.25) is 0 Å². The minimum atomic E-state index is 0. The summed E-state index contributed by atoms with van der Waals surface area (Å²) >= 11 is 1.74. The van der Waals surface area contributed by atoms with Crippen LogP contribution in [0.15, 0.2) is 97.1 Å². The van der Waals surface area contributed by atoms with E-state index in [0.717, 1.165) is 0 Å². The van der Waals surface area contributed by atoms with Crippen LogP contribution in [0.3, 0.4) is 0 Å². The molecule has 0 bridgehead atoms. The van der Waals surface area contributed by atoms with Gasteiger partial charge in [-0.15, -0.1) is 62.5 Å². The van der Waals surface area contributed by atoms with Gasteiger partial charge in [0.15, 0.2) is 0 Å². The van der Waals surface area contributed by atoms with E-state index in [1.807, 2.05) is 0 Å². The quantitative estimate of drug-likeness (QED) is 0.136. The summed E-state index contributed by atoms with van der Waals surface area (Å²) in [5, 5.41) is 5.51. The van der Waals surface area contributed by atoms with Crippen molar-refractivity contribution in [2.45, 2.75) is 86.7 Å². The predicted molar refractivity (Wildman–Crippen MR) is 199 cm³/mol. The van der Waals surface area contributed by atoms with Crippen LogP contribution in [-0.2, 0) is 28.8 Å². The van der Waals surface area contributed by atoms with Crippen LogP contribution in [0.4, 0.5) is 0 Å². The van der Waals surface area contributed by atoms with Crippen molar-refractivity contribution in [1.29, 1.82) is 0 Å². The number of aryl methyl sites for hydroxylation is 2. The van der Waals surface area contributed by atoms with Crippen LogP contribution in [0.2, 0.25) is 13.1 Å². The van der Waals surface area contributed by atoms with Crippen LogP contribution in [-0.4, -0.2) is 5.43 Å². The van der Waals surface area contributed by atoms with E-state index in [4.69, 9.17) is 0 Å². The molecule has 0 aliphatic carbocycles. The molecule has 0 radical (unpaired) electrons. The average molecular weight is 757 g/mol. The minimum absolute atomic E-state index is 0. The van der Waals surface area contributed by atoms with Gasteiger partial charge in [-0.05, 0) is 41.9 Å². The number of hydrogen-bond donors (Lipinski definition) is 0. The Morgan fingerprint density at radius 1 is 0.660 bits per heavy atom. The molecule has 0 spiro atoms. The summed E-state index contributed by atoms with van der Waals surface area (Å²) < 4.78 is 0. The van der Waals surface area contributed by atoms with Gasteiger partial charge >= 0.3 is 41.9 Å². The van der Waals surface area contributed by atoms with Gasteiger partial charge < -0.3 is 24.8 Å². The van der Waals surface area contributed by atoms with Crippen molar-refractivity contribution < 1.29 is 48.1 Å². The zero-order valence-corrected chi connectivity index (χ0v) is 35.0. The molecule has 0 aliphatic heterocycles. The summed E-state index contributed by atoms with van der Waals surface area (Å²) in [5.41, 5.74) is 14.2. The summed E-state index contributed by atoms with van der Waals surface area (Å²) in [7, 11) is 0. The van der Waals surface area contributed by atoms with Crippen LogP contribution in [0.1, 0.15) is 73.9 Å². The van der Waals surface area contributed by atoms with Gasteiger partial charge in [0.1, 0.15) is 0 Å². The second-order valence-electron chi connectivity index (χ2n) is 14.1. The number of benzene rings is 4. The molecule has 0 fully saturated rings. The molecule has 0 amide bonds. The predicted octanol–water partition coefficient (Wildman–Crippen LogP) is 6.90. The zero-order chi connectivity index (χ0) is 33.1. The first-order valence-corrected chi connectivity index (χ1v) is 22.4. The van der Waals surface area contributed by atoms with Gasteiger partial charge in [-0.2, -0.15) is 12.1 Å². The first-order chi connectivity index (χ1) is 21.2. The smallest absolute Gasteiger partial charge is 0.0132 e. The van der Waals surface area contributed by atoms with E-state index in [9.17, 15) is 0 Å². The Morgan fingerprint density at radius 2 is 1.26 bits per heavy atom. The van der Waals surface area contributed by atoms with Crippen molar-refractivity contribution in [3.8, 4) is 22.3 Å². The van der Waals surface area contributed by atoms with Gasteiger partial charge in [-0.1, -0.05) is 131 Å². The number of halogens is 2. The summed E-state index contributed by atoms with van der Waals surface area (Å²) in [6.07, 6.45) is 0. The molecule has 0 saturated carbocycles. The maximum atomic E-state index is 2.34. The van der Waals surface area contributed by atoms with E-state index >= 15 is 0 Å². The molecule has 0 unspecified atom stereocenters. The fraction of sp³-hybridized carbons (Fsp3) is 0.302. The van der Waals surface area contributed by atoms with Crippen molar-refractivity contribution in [2.75, 3.05) is 0 Å². The summed E-state index contributed by atoms with van der Waals surface area (Å²) in [5.74, 6) is 0.584. The molecule has 47 heavy (non-hydrogen) atoms. The average Bonchev–Trinajstić information content (AvgIpc) is 3.60. The third-order valence-electron chi connectivity index (χ3n) is 8.77.